The van der Waals surface area contributed by atoms with E-state index in [1.807, 2.05) is 4.68 Å². The lowest BCUT2D eigenvalue weighted by Crippen LogP contribution is -2.63. The van der Waals surface area contributed by atoms with Gasteiger partial charge in [-0.2, -0.15) is 5.10 Å². The highest BCUT2D eigenvalue weighted by Crippen LogP contribution is 2.44. The molecule has 2 heterocycles. The molecule has 1 saturated carbocycles. The number of piperazine rings is 1. The van der Waals surface area contributed by atoms with E-state index in [9.17, 15) is 0 Å². The molecule has 2 aliphatic rings. The molecule has 106 valence electrons. The zero-order chi connectivity index (χ0) is 13.6. The Bertz CT molecular complexity index is 463. The molecule has 1 N–H and O–H groups in total. The van der Waals surface area contributed by atoms with Gasteiger partial charge in [0.05, 0.1) is 11.4 Å². The van der Waals surface area contributed by atoms with Gasteiger partial charge in [0.15, 0.2) is 0 Å². The first-order valence-corrected chi connectivity index (χ1v) is 7.47. The first-order chi connectivity index (χ1) is 8.99. The summed E-state index contributed by atoms with van der Waals surface area (Å²) in [6.45, 7) is 10.1. The van der Waals surface area contributed by atoms with Crippen molar-refractivity contribution in [1.29, 1.82) is 0 Å². The molecule has 0 aromatic carbocycles. The molecule has 3 rings (SSSR count). The fourth-order valence-corrected chi connectivity index (χ4v) is 3.46. The maximum absolute atomic E-state index is 4.48. The molecule has 0 amide bonds. The maximum Gasteiger partial charge on any atom is 0.0597 e. The van der Waals surface area contributed by atoms with Crippen LogP contribution in [-0.4, -0.2) is 39.4 Å². The van der Waals surface area contributed by atoms with Crippen LogP contribution in [0.15, 0.2) is 6.07 Å². The molecule has 1 aliphatic carbocycles. The topological polar surface area (TPSA) is 33.1 Å². The Labute approximate surface area is 116 Å². The largest absolute Gasteiger partial charge is 0.311 e. The molecule has 19 heavy (non-hydrogen) atoms. The number of nitrogens with one attached hydrogen (secondary N) is 1. The van der Waals surface area contributed by atoms with Gasteiger partial charge in [0.25, 0.3) is 0 Å². The maximum atomic E-state index is 4.48. The number of nitrogens with zero attached hydrogens (tertiary/aromatic N) is 3. The van der Waals surface area contributed by atoms with Gasteiger partial charge < -0.3 is 5.32 Å². The molecular formula is C15H26N4. The molecule has 2 unspecified atom stereocenters. The molecule has 1 saturated heterocycles. The van der Waals surface area contributed by atoms with Crippen molar-refractivity contribution < 1.29 is 0 Å². The van der Waals surface area contributed by atoms with E-state index in [2.05, 4.69) is 49.2 Å². The number of aryl methyl sites for hydroxylation is 2. The Morgan fingerprint density at radius 2 is 2.21 bits per heavy atom. The quantitative estimate of drug-likeness (QED) is 0.900. The smallest absolute Gasteiger partial charge is 0.0597 e. The van der Waals surface area contributed by atoms with E-state index < -0.39 is 0 Å². The van der Waals surface area contributed by atoms with Gasteiger partial charge in [0.2, 0.25) is 0 Å². The molecule has 1 aliphatic heterocycles. The molecule has 0 radical (unpaired) electrons. The Morgan fingerprint density at radius 1 is 1.47 bits per heavy atom. The second-order valence-electron chi connectivity index (χ2n) is 6.69. The molecular weight excluding hydrogens is 236 g/mol. The van der Waals surface area contributed by atoms with Gasteiger partial charge in [-0.1, -0.05) is 0 Å². The summed E-state index contributed by atoms with van der Waals surface area (Å²) in [7, 11) is 2.06. The van der Waals surface area contributed by atoms with Crippen LogP contribution in [0.4, 0.5) is 0 Å². The van der Waals surface area contributed by atoms with Crippen molar-refractivity contribution in [3.63, 3.8) is 0 Å². The zero-order valence-corrected chi connectivity index (χ0v) is 12.6. The third-order valence-electron chi connectivity index (χ3n) is 4.93. The number of hydrogen-bond acceptors (Lipinski definition) is 3. The minimum absolute atomic E-state index is 0.324. The lowest BCUT2D eigenvalue weighted by Gasteiger charge is -2.48. The van der Waals surface area contributed by atoms with Gasteiger partial charge in [-0.15, -0.1) is 0 Å². The van der Waals surface area contributed by atoms with Crippen molar-refractivity contribution in [3.8, 4) is 0 Å². The summed E-state index contributed by atoms with van der Waals surface area (Å²) in [5.74, 6) is 0.877. The summed E-state index contributed by atoms with van der Waals surface area (Å²) in [5.41, 5.74) is 2.78. The van der Waals surface area contributed by atoms with E-state index in [0.29, 0.717) is 11.6 Å². The van der Waals surface area contributed by atoms with Crippen LogP contribution >= 0.6 is 0 Å². The summed E-state index contributed by atoms with van der Waals surface area (Å²) in [6.07, 6.45) is 2.79. The van der Waals surface area contributed by atoms with Gasteiger partial charge in [0.1, 0.15) is 0 Å². The molecule has 4 heteroatoms. The molecule has 2 fully saturated rings. The van der Waals surface area contributed by atoms with Crippen LogP contribution in [0.3, 0.4) is 0 Å². The van der Waals surface area contributed by atoms with E-state index in [1.165, 1.54) is 18.5 Å². The van der Waals surface area contributed by atoms with Crippen LogP contribution in [-0.2, 0) is 13.6 Å². The molecule has 0 spiro atoms. The molecule has 4 nitrogen and oxygen atoms in total. The Balaban J connectivity index is 1.81. The van der Waals surface area contributed by atoms with Crippen LogP contribution in [0.25, 0.3) is 0 Å². The highest BCUT2D eigenvalue weighted by Gasteiger charge is 2.47. The Hall–Kier alpha value is -0.870. The lowest BCUT2D eigenvalue weighted by atomic mass is 9.89. The van der Waals surface area contributed by atoms with Gasteiger partial charge in [-0.05, 0) is 45.6 Å². The van der Waals surface area contributed by atoms with Crippen molar-refractivity contribution >= 4 is 0 Å². The normalized spacial score (nSPS) is 32.7. The second-order valence-corrected chi connectivity index (χ2v) is 6.69. The third-order valence-corrected chi connectivity index (χ3v) is 4.93. The van der Waals surface area contributed by atoms with Crippen LogP contribution in [0, 0.1) is 12.8 Å². The van der Waals surface area contributed by atoms with Gasteiger partial charge in [-0.25, -0.2) is 0 Å². The summed E-state index contributed by atoms with van der Waals surface area (Å²) in [4.78, 5) is 2.68. The first kappa shape index (κ1) is 13.1. The standard InChI is InChI=1S/C15H26N4/c1-11-7-14(18(4)17-11)9-19-8-12(2)16-10-15(19,3)13-5-6-13/h7,12-13,16H,5-6,8-10H2,1-4H3. The Kier molecular flexibility index (Phi) is 3.18. The summed E-state index contributed by atoms with van der Waals surface area (Å²) < 4.78 is 2.04. The summed E-state index contributed by atoms with van der Waals surface area (Å²) >= 11 is 0. The number of aromatic nitrogens is 2. The minimum Gasteiger partial charge on any atom is -0.311 e. The summed E-state index contributed by atoms with van der Waals surface area (Å²) in [5, 5.41) is 8.14. The van der Waals surface area contributed by atoms with Crippen molar-refractivity contribution in [3.05, 3.63) is 17.5 Å². The summed E-state index contributed by atoms with van der Waals surface area (Å²) in [6, 6.07) is 2.81. The molecule has 1 aromatic rings. The van der Waals surface area contributed by atoms with Gasteiger partial charge in [-0.3, -0.25) is 9.58 Å². The highest BCUT2D eigenvalue weighted by molar-refractivity contribution is 5.12. The fraction of sp³-hybridized carbons (Fsp3) is 0.800. The average molecular weight is 262 g/mol. The van der Waals surface area contributed by atoms with E-state index >= 15 is 0 Å². The van der Waals surface area contributed by atoms with E-state index in [4.69, 9.17) is 0 Å². The Morgan fingerprint density at radius 3 is 2.79 bits per heavy atom. The van der Waals surface area contributed by atoms with Crippen LogP contribution in [0.2, 0.25) is 0 Å². The predicted molar refractivity (Wildman–Crippen MR) is 76.9 cm³/mol. The van der Waals surface area contributed by atoms with Crippen molar-refractivity contribution in [2.45, 2.75) is 51.7 Å². The van der Waals surface area contributed by atoms with E-state index in [-0.39, 0.29) is 0 Å². The predicted octanol–water partition coefficient (Wildman–Crippen LogP) is 1.69. The minimum atomic E-state index is 0.324. The third kappa shape index (κ3) is 2.43. The van der Waals surface area contributed by atoms with Crippen molar-refractivity contribution in [2.24, 2.45) is 13.0 Å². The molecule has 0 bridgehead atoms. The SMILES string of the molecule is Cc1cc(CN2CC(C)NCC2(C)C2CC2)n(C)n1. The highest BCUT2D eigenvalue weighted by atomic mass is 15.3. The second kappa shape index (κ2) is 4.60. The zero-order valence-electron chi connectivity index (χ0n) is 12.6. The van der Waals surface area contributed by atoms with Crippen molar-refractivity contribution in [2.75, 3.05) is 13.1 Å². The average Bonchev–Trinajstić information content (AvgIpc) is 3.13. The fourth-order valence-electron chi connectivity index (χ4n) is 3.46. The van der Waals surface area contributed by atoms with Gasteiger partial charge in [0, 0.05) is 38.3 Å². The first-order valence-electron chi connectivity index (χ1n) is 7.47. The lowest BCUT2D eigenvalue weighted by molar-refractivity contribution is 0.0292. The number of rotatable bonds is 3. The van der Waals surface area contributed by atoms with Crippen LogP contribution in [0.1, 0.15) is 38.1 Å². The van der Waals surface area contributed by atoms with E-state index in [1.54, 1.807) is 0 Å². The van der Waals surface area contributed by atoms with Crippen LogP contribution < -0.4 is 5.32 Å². The number of hydrogen-bond donors (Lipinski definition) is 1. The monoisotopic (exact) mass is 262 g/mol. The van der Waals surface area contributed by atoms with Gasteiger partial charge >= 0.3 is 0 Å². The van der Waals surface area contributed by atoms with Crippen LogP contribution in [0.5, 0.6) is 0 Å². The van der Waals surface area contributed by atoms with E-state index in [0.717, 1.165) is 31.2 Å². The molecule has 1 aromatic heterocycles. The molecule has 2 atom stereocenters. The van der Waals surface area contributed by atoms with Crippen molar-refractivity contribution in [1.82, 2.24) is 20.0 Å².